The van der Waals surface area contributed by atoms with E-state index in [9.17, 15) is 4.79 Å². The minimum absolute atomic E-state index is 0.0170. The summed E-state index contributed by atoms with van der Waals surface area (Å²) in [6.07, 6.45) is 0. The maximum Gasteiger partial charge on any atom is 0.372 e. The van der Waals surface area contributed by atoms with Crippen LogP contribution in [0.1, 0.15) is 27.4 Å². The minimum Gasteiger partial charge on any atom is -0.484 e. The number of hydrogen-bond acceptors (Lipinski definition) is 4. The van der Waals surface area contributed by atoms with Crippen molar-refractivity contribution >= 4 is 17.6 Å². The maximum absolute atomic E-state index is 10.9. The fourth-order valence-electron chi connectivity index (χ4n) is 1.71. The molecule has 0 saturated heterocycles. The fourth-order valence-corrected chi connectivity index (χ4v) is 1.92. The van der Waals surface area contributed by atoms with Crippen molar-refractivity contribution in [3.8, 4) is 11.8 Å². The Bertz CT molecular complexity index is 700. The number of benzene rings is 1. The van der Waals surface area contributed by atoms with Gasteiger partial charge in [0.15, 0.2) is 0 Å². The first-order valence-electron chi connectivity index (χ1n) is 5.67. The number of aryl methyl sites for hydroxylation is 1. The molecule has 1 heterocycles. The van der Waals surface area contributed by atoms with Gasteiger partial charge in [0.1, 0.15) is 29.7 Å². The zero-order valence-corrected chi connectivity index (χ0v) is 11.3. The molecule has 1 aromatic heterocycles. The van der Waals surface area contributed by atoms with Crippen molar-refractivity contribution < 1.29 is 19.1 Å². The van der Waals surface area contributed by atoms with Crippen molar-refractivity contribution in [1.82, 2.24) is 0 Å². The van der Waals surface area contributed by atoms with Crippen LogP contribution >= 0.6 is 11.6 Å². The van der Waals surface area contributed by atoms with Crippen LogP contribution in [-0.4, -0.2) is 11.1 Å². The Kier molecular flexibility index (Phi) is 3.97. The van der Waals surface area contributed by atoms with Gasteiger partial charge in [0.25, 0.3) is 0 Å². The lowest BCUT2D eigenvalue weighted by Gasteiger charge is -2.06. The van der Waals surface area contributed by atoms with Crippen molar-refractivity contribution in [2.75, 3.05) is 0 Å². The highest BCUT2D eigenvalue weighted by Gasteiger charge is 2.15. The van der Waals surface area contributed by atoms with Gasteiger partial charge < -0.3 is 14.3 Å². The molecule has 5 nitrogen and oxygen atoms in total. The molecule has 0 bridgehead atoms. The van der Waals surface area contributed by atoms with Crippen LogP contribution < -0.4 is 4.74 Å². The van der Waals surface area contributed by atoms with Crippen LogP contribution in [0.25, 0.3) is 0 Å². The number of carbonyl (C=O) groups is 1. The maximum atomic E-state index is 10.9. The number of nitrogens with zero attached hydrogens (tertiary/aromatic N) is 1. The molecule has 6 heteroatoms. The lowest BCUT2D eigenvalue weighted by Crippen LogP contribution is -1.97. The molecular formula is C14H10ClNO4. The Morgan fingerprint density at radius 1 is 1.55 bits per heavy atom. The highest BCUT2D eigenvalue weighted by atomic mass is 35.5. The van der Waals surface area contributed by atoms with Gasteiger partial charge in [0.2, 0.25) is 5.76 Å². The second kappa shape index (κ2) is 5.68. The van der Waals surface area contributed by atoms with E-state index >= 15 is 0 Å². The molecule has 2 rings (SSSR count). The van der Waals surface area contributed by atoms with Gasteiger partial charge in [0.05, 0.1) is 5.02 Å². The molecule has 0 unspecified atom stereocenters. The number of hydrogen-bond donors (Lipinski definition) is 1. The lowest BCUT2D eigenvalue weighted by molar-refractivity contribution is 0.0657. The van der Waals surface area contributed by atoms with Crippen molar-refractivity contribution in [2.24, 2.45) is 0 Å². The summed E-state index contributed by atoms with van der Waals surface area (Å²) in [6, 6.07) is 8.40. The molecular weight excluding hydrogens is 282 g/mol. The largest absolute Gasteiger partial charge is 0.484 e. The summed E-state index contributed by atoms with van der Waals surface area (Å²) < 4.78 is 10.6. The van der Waals surface area contributed by atoms with Gasteiger partial charge in [0, 0.05) is 5.56 Å². The standard InChI is InChI=1S/C14H10ClNO4/c1-8-5-9(20-13(8)14(17)18)7-19-12-4-2-3-11(15)10(12)6-16/h2-5H,7H2,1H3,(H,17,18). The van der Waals surface area contributed by atoms with Crippen LogP contribution in [0.5, 0.6) is 5.75 Å². The first-order valence-corrected chi connectivity index (χ1v) is 6.04. The fraction of sp³-hybridized carbons (Fsp3) is 0.143. The predicted molar refractivity (Wildman–Crippen MR) is 70.9 cm³/mol. The van der Waals surface area contributed by atoms with Crippen LogP contribution in [0.15, 0.2) is 28.7 Å². The number of carboxylic acids is 1. The molecule has 0 fully saturated rings. The van der Waals surface area contributed by atoms with E-state index in [4.69, 9.17) is 31.1 Å². The third-order valence-corrected chi connectivity index (χ3v) is 2.94. The summed E-state index contributed by atoms with van der Waals surface area (Å²) in [7, 11) is 0. The molecule has 1 aromatic carbocycles. The van der Waals surface area contributed by atoms with Crippen LogP contribution in [0.3, 0.4) is 0 Å². The Labute approximate surface area is 120 Å². The topological polar surface area (TPSA) is 83.5 Å². The highest BCUT2D eigenvalue weighted by molar-refractivity contribution is 6.31. The molecule has 0 amide bonds. The Morgan fingerprint density at radius 2 is 2.30 bits per heavy atom. The number of ether oxygens (including phenoxy) is 1. The number of carboxylic acid groups (broad SMARTS) is 1. The van der Waals surface area contributed by atoms with E-state index in [2.05, 4.69) is 0 Å². The van der Waals surface area contributed by atoms with Crippen LogP contribution in [0.4, 0.5) is 0 Å². The first kappa shape index (κ1) is 14.0. The average molecular weight is 292 g/mol. The third kappa shape index (κ3) is 2.76. The molecule has 0 aliphatic heterocycles. The number of halogens is 1. The molecule has 0 atom stereocenters. The van der Waals surface area contributed by atoms with Gasteiger partial charge in [-0.1, -0.05) is 17.7 Å². The summed E-state index contributed by atoms with van der Waals surface area (Å²) in [6.45, 7) is 1.65. The number of furan rings is 1. The summed E-state index contributed by atoms with van der Waals surface area (Å²) in [5, 5.41) is 18.2. The monoisotopic (exact) mass is 291 g/mol. The quantitative estimate of drug-likeness (QED) is 0.933. The molecule has 0 aliphatic carbocycles. The molecule has 2 aromatic rings. The van der Waals surface area contributed by atoms with Crippen molar-refractivity contribution in [1.29, 1.82) is 5.26 Å². The zero-order chi connectivity index (χ0) is 14.7. The van der Waals surface area contributed by atoms with Gasteiger partial charge in [-0.25, -0.2) is 4.79 Å². The molecule has 20 heavy (non-hydrogen) atoms. The zero-order valence-electron chi connectivity index (χ0n) is 10.5. The van der Waals surface area contributed by atoms with E-state index in [-0.39, 0.29) is 17.9 Å². The normalized spacial score (nSPS) is 10.1. The summed E-state index contributed by atoms with van der Waals surface area (Å²) in [5.74, 6) is -0.556. The van der Waals surface area contributed by atoms with E-state index in [1.807, 2.05) is 6.07 Å². The second-order valence-electron chi connectivity index (χ2n) is 4.04. The molecule has 0 aliphatic rings. The predicted octanol–water partition coefficient (Wildman–Crippen LogP) is 3.39. The summed E-state index contributed by atoms with van der Waals surface area (Å²) in [4.78, 5) is 10.9. The van der Waals surface area contributed by atoms with Crippen molar-refractivity contribution in [3.05, 3.63) is 51.9 Å². The number of aromatic carboxylic acids is 1. The van der Waals surface area contributed by atoms with Gasteiger partial charge in [-0.15, -0.1) is 0 Å². The van der Waals surface area contributed by atoms with Gasteiger partial charge in [-0.3, -0.25) is 0 Å². The molecule has 102 valence electrons. The number of nitriles is 1. The van der Waals surface area contributed by atoms with Gasteiger partial charge in [-0.2, -0.15) is 5.26 Å². The molecule has 1 N–H and O–H groups in total. The van der Waals surface area contributed by atoms with E-state index < -0.39 is 5.97 Å². The molecule has 0 spiro atoms. The van der Waals surface area contributed by atoms with E-state index in [1.54, 1.807) is 31.2 Å². The van der Waals surface area contributed by atoms with Crippen molar-refractivity contribution in [3.63, 3.8) is 0 Å². The van der Waals surface area contributed by atoms with Crippen LogP contribution in [0, 0.1) is 18.3 Å². The highest BCUT2D eigenvalue weighted by Crippen LogP contribution is 2.26. The SMILES string of the molecule is Cc1cc(COc2cccc(Cl)c2C#N)oc1C(=O)O. The van der Waals surface area contributed by atoms with E-state index in [0.717, 1.165) is 0 Å². The third-order valence-electron chi connectivity index (χ3n) is 2.62. The summed E-state index contributed by atoms with van der Waals surface area (Å²) >= 11 is 5.88. The van der Waals surface area contributed by atoms with Crippen LogP contribution in [0.2, 0.25) is 5.02 Å². The second-order valence-corrected chi connectivity index (χ2v) is 4.45. The molecule has 0 saturated carbocycles. The summed E-state index contributed by atoms with van der Waals surface area (Å²) in [5.41, 5.74) is 0.749. The smallest absolute Gasteiger partial charge is 0.372 e. The minimum atomic E-state index is -1.13. The Hall–Kier alpha value is -2.45. The Balaban J connectivity index is 2.18. The lowest BCUT2D eigenvalue weighted by atomic mass is 10.2. The molecule has 0 radical (unpaired) electrons. The average Bonchev–Trinajstić information content (AvgIpc) is 2.78. The van der Waals surface area contributed by atoms with Crippen LogP contribution in [-0.2, 0) is 6.61 Å². The van der Waals surface area contributed by atoms with E-state index in [0.29, 0.717) is 22.1 Å². The number of rotatable bonds is 4. The van der Waals surface area contributed by atoms with Gasteiger partial charge >= 0.3 is 5.97 Å². The Morgan fingerprint density at radius 3 is 2.90 bits per heavy atom. The van der Waals surface area contributed by atoms with Crippen molar-refractivity contribution in [2.45, 2.75) is 13.5 Å². The van der Waals surface area contributed by atoms with Gasteiger partial charge in [-0.05, 0) is 25.1 Å². The first-order chi connectivity index (χ1) is 9.52. The van der Waals surface area contributed by atoms with E-state index in [1.165, 1.54) is 0 Å².